The van der Waals surface area contributed by atoms with Gasteiger partial charge in [0.1, 0.15) is 5.82 Å². The Kier molecular flexibility index (Phi) is 6.26. The molecular formula is C25H25FN4O. The second-order valence-electron chi connectivity index (χ2n) is 7.47. The molecule has 4 rings (SSSR count). The molecule has 1 N–H and O–H groups in total. The summed E-state index contributed by atoms with van der Waals surface area (Å²) >= 11 is 0. The Hall–Kier alpha value is -3.67. The first-order chi connectivity index (χ1) is 15.1. The van der Waals surface area contributed by atoms with Crippen molar-refractivity contribution in [3.05, 3.63) is 84.7 Å². The quantitative estimate of drug-likeness (QED) is 0.374. The number of anilines is 2. The number of nitrogens with one attached hydrogen (secondary N) is 1. The van der Waals surface area contributed by atoms with Gasteiger partial charge in [-0.3, -0.25) is 10.2 Å². The molecule has 1 heterocycles. The van der Waals surface area contributed by atoms with Crippen LogP contribution in [0.2, 0.25) is 0 Å². The molecule has 3 aromatic carbocycles. The van der Waals surface area contributed by atoms with Gasteiger partial charge >= 0.3 is 0 Å². The number of hydrazone groups is 1. The molecule has 1 aliphatic rings. The molecular weight excluding hydrogens is 391 g/mol. The van der Waals surface area contributed by atoms with Crippen LogP contribution in [0.3, 0.4) is 0 Å². The maximum Gasteiger partial charge on any atom is 0.196 e. The van der Waals surface area contributed by atoms with Crippen molar-refractivity contribution in [2.75, 3.05) is 36.5 Å². The standard InChI is InChI=1S/C25H25FN4O/c1-19(31)25(30-17-15-29(16-18-30)22-13-11-21(26)12-14-22)28-27-24-10-6-5-9-23(24)20-7-3-2-4-8-20/h2-14,27H,15-18H2,1H3. The summed E-state index contributed by atoms with van der Waals surface area (Å²) in [7, 11) is 0. The summed E-state index contributed by atoms with van der Waals surface area (Å²) in [5.41, 5.74) is 7.04. The molecule has 0 unspecified atom stereocenters. The molecule has 31 heavy (non-hydrogen) atoms. The van der Waals surface area contributed by atoms with Crippen molar-refractivity contribution in [2.45, 2.75) is 6.92 Å². The Labute approximate surface area is 181 Å². The van der Waals surface area contributed by atoms with E-state index >= 15 is 0 Å². The van der Waals surface area contributed by atoms with Crippen molar-refractivity contribution in [3.63, 3.8) is 0 Å². The first-order valence-electron chi connectivity index (χ1n) is 10.4. The zero-order chi connectivity index (χ0) is 21.6. The summed E-state index contributed by atoms with van der Waals surface area (Å²) in [6.07, 6.45) is 0. The van der Waals surface area contributed by atoms with Gasteiger partial charge in [0.15, 0.2) is 11.6 Å². The van der Waals surface area contributed by atoms with Gasteiger partial charge in [-0.15, -0.1) is 0 Å². The van der Waals surface area contributed by atoms with Gasteiger partial charge in [0.25, 0.3) is 0 Å². The number of rotatable bonds is 5. The molecule has 0 saturated carbocycles. The third kappa shape index (κ3) is 4.91. The maximum absolute atomic E-state index is 13.2. The van der Waals surface area contributed by atoms with E-state index in [2.05, 4.69) is 15.4 Å². The number of Topliss-reactive ketones (excluding diaryl/α,β-unsaturated/α-hetero) is 1. The van der Waals surface area contributed by atoms with E-state index in [1.165, 1.54) is 19.1 Å². The molecule has 5 nitrogen and oxygen atoms in total. The average molecular weight is 417 g/mol. The molecule has 1 saturated heterocycles. The van der Waals surface area contributed by atoms with Crippen LogP contribution in [0.5, 0.6) is 0 Å². The Morgan fingerprint density at radius 2 is 1.52 bits per heavy atom. The van der Waals surface area contributed by atoms with Gasteiger partial charge in [-0.05, 0) is 35.9 Å². The Morgan fingerprint density at radius 1 is 0.871 bits per heavy atom. The van der Waals surface area contributed by atoms with Crippen LogP contribution in [0.1, 0.15) is 6.92 Å². The van der Waals surface area contributed by atoms with Crippen LogP contribution >= 0.6 is 0 Å². The van der Waals surface area contributed by atoms with Gasteiger partial charge in [0.05, 0.1) is 5.69 Å². The molecule has 0 aliphatic carbocycles. The fourth-order valence-electron chi connectivity index (χ4n) is 3.76. The van der Waals surface area contributed by atoms with E-state index in [0.29, 0.717) is 18.9 Å². The van der Waals surface area contributed by atoms with E-state index < -0.39 is 0 Å². The molecule has 0 atom stereocenters. The molecule has 1 fully saturated rings. The first-order valence-corrected chi connectivity index (χ1v) is 10.4. The lowest BCUT2D eigenvalue weighted by Crippen LogP contribution is -2.50. The Balaban J connectivity index is 1.48. The summed E-state index contributed by atoms with van der Waals surface area (Å²) in [6.45, 7) is 4.34. The number of hydrogen-bond donors (Lipinski definition) is 1. The first kappa shape index (κ1) is 20.6. The highest BCUT2D eigenvalue weighted by Gasteiger charge is 2.23. The highest BCUT2D eigenvalue weighted by molar-refractivity contribution is 6.38. The van der Waals surface area contributed by atoms with Gasteiger partial charge in [0, 0.05) is 44.4 Å². The van der Waals surface area contributed by atoms with E-state index in [4.69, 9.17) is 0 Å². The minimum atomic E-state index is -0.241. The van der Waals surface area contributed by atoms with Gasteiger partial charge in [-0.25, -0.2) is 4.39 Å². The van der Waals surface area contributed by atoms with Crippen molar-refractivity contribution in [1.82, 2.24) is 4.90 Å². The summed E-state index contributed by atoms with van der Waals surface area (Å²) in [5, 5.41) is 4.49. The fraction of sp³-hybridized carbons (Fsp3) is 0.200. The van der Waals surface area contributed by atoms with E-state index in [-0.39, 0.29) is 11.6 Å². The van der Waals surface area contributed by atoms with E-state index in [9.17, 15) is 9.18 Å². The number of halogens is 1. The maximum atomic E-state index is 13.2. The largest absolute Gasteiger partial charge is 0.368 e. The number of amidine groups is 1. The fourth-order valence-corrected chi connectivity index (χ4v) is 3.76. The molecule has 0 aromatic heterocycles. The second kappa shape index (κ2) is 9.43. The lowest BCUT2D eigenvalue weighted by molar-refractivity contribution is -0.111. The lowest BCUT2D eigenvalue weighted by Gasteiger charge is -2.37. The van der Waals surface area contributed by atoms with Gasteiger partial charge in [0.2, 0.25) is 0 Å². The summed E-state index contributed by atoms with van der Waals surface area (Å²) < 4.78 is 13.2. The molecule has 3 aromatic rings. The Bertz CT molecular complexity index is 1060. The molecule has 158 valence electrons. The number of carbonyl (C=O) groups is 1. The van der Waals surface area contributed by atoms with Crippen molar-refractivity contribution in [3.8, 4) is 11.1 Å². The molecule has 6 heteroatoms. The monoisotopic (exact) mass is 416 g/mol. The third-order valence-electron chi connectivity index (χ3n) is 5.38. The summed E-state index contributed by atoms with van der Waals surface area (Å²) in [6, 6.07) is 24.5. The minimum Gasteiger partial charge on any atom is -0.368 e. The highest BCUT2D eigenvalue weighted by Crippen LogP contribution is 2.27. The SMILES string of the molecule is CC(=O)C(=NNc1ccccc1-c1ccccc1)N1CCN(c2ccc(F)cc2)CC1. The van der Waals surface area contributed by atoms with Crippen LogP contribution < -0.4 is 10.3 Å². The van der Waals surface area contributed by atoms with Crippen LogP contribution in [-0.4, -0.2) is 42.7 Å². The summed E-state index contributed by atoms with van der Waals surface area (Å²) in [4.78, 5) is 16.5. The van der Waals surface area contributed by atoms with Crippen molar-refractivity contribution in [2.24, 2.45) is 5.10 Å². The van der Waals surface area contributed by atoms with Crippen molar-refractivity contribution in [1.29, 1.82) is 0 Å². The number of hydrogen-bond acceptors (Lipinski definition) is 4. The number of benzene rings is 3. The van der Waals surface area contributed by atoms with Gasteiger partial charge in [-0.1, -0.05) is 48.5 Å². The van der Waals surface area contributed by atoms with Crippen LogP contribution in [0.25, 0.3) is 11.1 Å². The number of piperazine rings is 1. The molecule has 1 aliphatic heterocycles. The van der Waals surface area contributed by atoms with Crippen molar-refractivity contribution < 1.29 is 9.18 Å². The molecule has 0 bridgehead atoms. The summed E-state index contributed by atoms with van der Waals surface area (Å²) in [5.74, 6) is 0.0942. The molecule has 0 radical (unpaired) electrons. The van der Waals surface area contributed by atoms with Crippen molar-refractivity contribution >= 4 is 23.0 Å². The van der Waals surface area contributed by atoms with E-state index in [1.807, 2.05) is 59.5 Å². The number of para-hydroxylation sites is 1. The van der Waals surface area contributed by atoms with Crippen LogP contribution in [-0.2, 0) is 4.79 Å². The second-order valence-corrected chi connectivity index (χ2v) is 7.47. The topological polar surface area (TPSA) is 47.9 Å². The predicted molar refractivity (Wildman–Crippen MR) is 124 cm³/mol. The van der Waals surface area contributed by atoms with Crippen LogP contribution in [0, 0.1) is 5.82 Å². The number of carbonyl (C=O) groups excluding carboxylic acids is 1. The predicted octanol–water partition coefficient (Wildman–Crippen LogP) is 4.63. The smallest absolute Gasteiger partial charge is 0.196 e. The van der Waals surface area contributed by atoms with Gasteiger partial charge < -0.3 is 9.80 Å². The lowest BCUT2D eigenvalue weighted by atomic mass is 10.0. The van der Waals surface area contributed by atoms with E-state index in [0.717, 1.165) is 35.6 Å². The highest BCUT2D eigenvalue weighted by atomic mass is 19.1. The zero-order valence-electron chi connectivity index (χ0n) is 17.5. The normalized spacial score (nSPS) is 14.5. The van der Waals surface area contributed by atoms with Crippen LogP contribution in [0.4, 0.5) is 15.8 Å². The zero-order valence-corrected chi connectivity index (χ0v) is 17.5. The van der Waals surface area contributed by atoms with Crippen LogP contribution in [0.15, 0.2) is 84.0 Å². The van der Waals surface area contributed by atoms with E-state index in [1.54, 1.807) is 12.1 Å². The average Bonchev–Trinajstić information content (AvgIpc) is 2.81. The third-order valence-corrected chi connectivity index (χ3v) is 5.38. The van der Waals surface area contributed by atoms with Gasteiger partial charge in [-0.2, -0.15) is 5.10 Å². The molecule has 0 spiro atoms. The minimum absolute atomic E-state index is 0.0834. The molecule has 0 amide bonds. The Morgan fingerprint density at radius 3 is 2.19 bits per heavy atom. The number of ketones is 1. The number of nitrogens with zero attached hydrogens (tertiary/aromatic N) is 3.